The van der Waals surface area contributed by atoms with Crippen LogP contribution in [0.3, 0.4) is 0 Å². The molecule has 0 fully saturated rings. The number of nitrogens with one attached hydrogen (secondary N) is 1. The molecule has 0 saturated heterocycles. The monoisotopic (exact) mass is 430 g/mol. The summed E-state index contributed by atoms with van der Waals surface area (Å²) < 4.78 is 5.76. The van der Waals surface area contributed by atoms with Gasteiger partial charge in [-0.05, 0) is 19.8 Å². The van der Waals surface area contributed by atoms with Crippen LogP contribution < -0.4 is 5.32 Å². The number of nitrogens with zero attached hydrogens (tertiary/aromatic N) is 1. The van der Waals surface area contributed by atoms with E-state index >= 15 is 0 Å². The highest BCUT2D eigenvalue weighted by Gasteiger charge is 2.07. The highest BCUT2D eigenvalue weighted by atomic mass is 16.5. The zero-order chi connectivity index (χ0) is 22.3. The highest BCUT2D eigenvalue weighted by molar-refractivity contribution is 5.75. The number of hydrogen-bond acceptors (Lipinski definition) is 5. The molecule has 0 aliphatic carbocycles. The number of aliphatic hydroxyl groups excluding tert-OH is 2. The lowest BCUT2D eigenvalue weighted by molar-refractivity contribution is -0.121. The van der Waals surface area contributed by atoms with Crippen LogP contribution in [-0.2, 0) is 9.53 Å². The molecule has 6 nitrogen and oxygen atoms in total. The average Bonchev–Trinajstić information content (AvgIpc) is 2.72. The van der Waals surface area contributed by atoms with Crippen LogP contribution in [0.4, 0.5) is 0 Å². The molecule has 0 aromatic rings. The van der Waals surface area contributed by atoms with Gasteiger partial charge in [-0.1, -0.05) is 71.1 Å². The Morgan fingerprint density at radius 2 is 1.40 bits per heavy atom. The summed E-state index contributed by atoms with van der Waals surface area (Å²) in [7, 11) is 0. The standard InChI is InChI=1S/C24H50N2O4/c1-3-4-5-6-7-8-9-10-11-12-13-14-24(29)25-16-15-23(2)30-22-19-26(17-20-27)18-21-28/h23,27-28H,3-22H2,1-2H3,(H,25,29). The number of ether oxygens (including phenoxy) is 1. The predicted octanol–water partition coefficient (Wildman–Crippen LogP) is 3.89. The predicted molar refractivity (Wildman–Crippen MR) is 125 cm³/mol. The molecule has 0 aromatic carbocycles. The van der Waals surface area contributed by atoms with Gasteiger partial charge >= 0.3 is 0 Å². The quantitative estimate of drug-likeness (QED) is 0.214. The number of rotatable bonds is 23. The van der Waals surface area contributed by atoms with Gasteiger partial charge in [0, 0.05) is 32.6 Å². The van der Waals surface area contributed by atoms with Crippen molar-refractivity contribution >= 4 is 5.91 Å². The summed E-state index contributed by atoms with van der Waals surface area (Å²) >= 11 is 0. The molecule has 6 heteroatoms. The van der Waals surface area contributed by atoms with Crippen molar-refractivity contribution < 1.29 is 19.7 Å². The number of amides is 1. The van der Waals surface area contributed by atoms with E-state index in [0.29, 0.717) is 39.2 Å². The molecule has 0 aromatic heterocycles. The SMILES string of the molecule is CCCCCCCCCCCCCC(=O)NCCC(C)OCCN(CCO)CCO. The van der Waals surface area contributed by atoms with Crippen molar-refractivity contribution in [1.29, 1.82) is 0 Å². The van der Waals surface area contributed by atoms with Crippen LogP contribution in [0.5, 0.6) is 0 Å². The van der Waals surface area contributed by atoms with E-state index in [1.165, 1.54) is 57.8 Å². The Morgan fingerprint density at radius 1 is 0.867 bits per heavy atom. The van der Waals surface area contributed by atoms with E-state index in [2.05, 4.69) is 12.2 Å². The van der Waals surface area contributed by atoms with Gasteiger partial charge < -0.3 is 20.3 Å². The molecule has 0 saturated carbocycles. The summed E-state index contributed by atoms with van der Waals surface area (Å²) in [6, 6.07) is 0. The van der Waals surface area contributed by atoms with Crippen molar-refractivity contribution in [2.24, 2.45) is 0 Å². The Balaban J connectivity index is 3.45. The molecule has 0 radical (unpaired) electrons. The lowest BCUT2D eigenvalue weighted by atomic mass is 10.1. The summed E-state index contributed by atoms with van der Waals surface area (Å²) in [5.74, 6) is 0.148. The minimum absolute atomic E-state index is 0.0809. The zero-order valence-electron chi connectivity index (χ0n) is 19.9. The topological polar surface area (TPSA) is 82.0 Å². The molecule has 180 valence electrons. The first-order chi connectivity index (χ1) is 14.6. The summed E-state index contributed by atoms with van der Waals surface area (Å²) in [5.41, 5.74) is 0. The van der Waals surface area contributed by atoms with E-state index in [1.807, 2.05) is 11.8 Å². The van der Waals surface area contributed by atoms with Gasteiger partial charge in [0.15, 0.2) is 0 Å². The molecule has 0 bridgehead atoms. The van der Waals surface area contributed by atoms with Crippen LogP contribution in [0.15, 0.2) is 0 Å². The minimum Gasteiger partial charge on any atom is -0.395 e. The van der Waals surface area contributed by atoms with Crippen LogP contribution in [0.25, 0.3) is 0 Å². The van der Waals surface area contributed by atoms with Crippen LogP contribution in [-0.4, -0.2) is 73.1 Å². The minimum atomic E-state index is 0.0809. The van der Waals surface area contributed by atoms with Gasteiger partial charge in [-0.2, -0.15) is 0 Å². The average molecular weight is 431 g/mol. The first-order valence-corrected chi connectivity index (χ1v) is 12.5. The van der Waals surface area contributed by atoms with E-state index < -0.39 is 0 Å². The van der Waals surface area contributed by atoms with E-state index in [1.54, 1.807) is 0 Å². The van der Waals surface area contributed by atoms with E-state index in [-0.39, 0.29) is 25.2 Å². The van der Waals surface area contributed by atoms with Crippen LogP contribution >= 0.6 is 0 Å². The molecule has 0 heterocycles. The molecule has 0 rings (SSSR count). The Labute approximate surface area is 185 Å². The number of unbranched alkanes of at least 4 members (excludes halogenated alkanes) is 10. The Kier molecular flexibility index (Phi) is 22.5. The van der Waals surface area contributed by atoms with Gasteiger partial charge in [-0.25, -0.2) is 0 Å². The largest absolute Gasteiger partial charge is 0.395 e. The Hall–Kier alpha value is -0.690. The molecule has 3 N–H and O–H groups in total. The number of carbonyl (C=O) groups excluding carboxylic acids is 1. The third-order valence-corrected chi connectivity index (χ3v) is 5.52. The lowest BCUT2D eigenvalue weighted by Crippen LogP contribution is -2.34. The lowest BCUT2D eigenvalue weighted by Gasteiger charge is -2.21. The third-order valence-electron chi connectivity index (χ3n) is 5.52. The number of hydrogen-bond donors (Lipinski definition) is 3. The molecule has 1 atom stereocenters. The van der Waals surface area contributed by atoms with Gasteiger partial charge in [0.2, 0.25) is 5.91 Å². The van der Waals surface area contributed by atoms with Gasteiger partial charge in [-0.15, -0.1) is 0 Å². The number of aliphatic hydroxyl groups is 2. The molecule has 1 amide bonds. The molecule has 0 aliphatic rings. The van der Waals surface area contributed by atoms with Crippen molar-refractivity contribution in [2.45, 2.75) is 103 Å². The Morgan fingerprint density at radius 3 is 1.93 bits per heavy atom. The highest BCUT2D eigenvalue weighted by Crippen LogP contribution is 2.11. The number of carbonyl (C=O) groups is 1. The normalized spacial score (nSPS) is 12.4. The fourth-order valence-electron chi connectivity index (χ4n) is 3.54. The summed E-state index contributed by atoms with van der Waals surface area (Å²) in [4.78, 5) is 13.9. The van der Waals surface area contributed by atoms with Crippen molar-refractivity contribution in [3.05, 3.63) is 0 Å². The smallest absolute Gasteiger partial charge is 0.219 e. The van der Waals surface area contributed by atoms with Crippen molar-refractivity contribution in [3.63, 3.8) is 0 Å². The Bertz CT molecular complexity index is 363. The first-order valence-electron chi connectivity index (χ1n) is 12.5. The zero-order valence-corrected chi connectivity index (χ0v) is 19.9. The molecular weight excluding hydrogens is 380 g/mol. The molecule has 0 aliphatic heterocycles. The van der Waals surface area contributed by atoms with Crippen molar-refractivity contribution in [1.82, 2.24) is 10.2 Å². The summed E-state index contributed by atoms with van der Waals surface area (Å²) in [6.45, 7) is 7.44. The maximum atomic E-state index is 11.9. The second kappa shape index (κ2) is 23.0. The first kappa shape index (κ1) is 29.3. The molecular formula is C24H50N2O4. The fraction of sp³-hybridized carbons (Fsp3) is 0.958. The van der Waals surface area contributed by atoms with Crippen LogP contribution in [0.1, 0.15) is 97.3 Å². The van der Waals surface area contributed by atoms with Gasteiger partial charge in [0.05, 0.1) is 25.9 Å². The van der Waals surface area contributed by atoms with E-state index in [9.17, 15) is 4.79 Å². The molecule has 0 spiro atoms. The molecule has 30 heavy (non-hydrogen) atoms. The third kappa shape index (κ3) is 20.6. The summed E-state index contributed by atoms with van der Waals surface area (Å²) in [6.07, 6.45) is 15.8. The maximum absolute atomic E-state index is 11.9. The van der Waals surface area contributed by atoms with Crippen LogP contribution in [0.2, 0.25) is 0 Å². The van der Waals surface area contributed by atoms with Gasteiger partial charge in [0.1, 0.15) is 0 Å². The maximum Gasteiger partial charge on any atom is 0.219 e. The fourth-order valence-corrected chi connectivity index (χ4v) is 3.54. The summed E-state index contributed by atoms with van der Waals surface area (Å²) in [5, 5.41) is 21.0. The van der Waals surface area contributed by atoms with Gasteiger partial charge in [-0.3, -0.25) is 9.69 Å². The van der Waals surface area contributed by atoms with E-state index in [0.717, 1.165) is 19.3 Å². The van der Waals surface area contributed by atoms with E-state index in [4.69, 9.17) is 14.9 Å². The molecule has 1 unspecified atom stereocenters. The second-order valence-corrected chi connectivity index (χ2v) is 8.39. The second-order valence-electron chi connectivity index (χ2n) is 8.39. The van der Waals surface area contributed by atoms with Crippen molar-refractivity contribution in [2.75, 3.05) is 46.0 Å². The van der Waals surface area contributed by atoms with Crippen molar-refractivity contribution in [3.8, 4) is 0 Å². The van der Waals surface area contributed by atoms with Crippen LogP contribution in [0, 0.1) is 0 Å². The van der Waals surface area contributed by atoms with Gasteiger partial charge in [0.25, 0.3) is 0 Å².